The van der Waals surface area contributed by atoms with Gasteiger partial charge in [0.1, 0.15) is 18.0 Å². The third-order valence-corrected chi connectivity index (χ3v) is 5.18. The first-order chi connectivity index (χ1) is 13.8. The van der Waals surface area contributed by atoms with E-state index < -0.39 is 0 Å². The minimum absolute atomic E-state index is 0.476. The average Bonchev–Trinajstić information content (AvgIpc) is 2.73. The van der Waals surface area contributed by atoms with Crippen molar-refractivity contribution in [3.05, 3.63) is 54.4 Å². The highest BCUT2D eigenvalue weighted by molar-refractivity contribution is 5.86. The van der Waals surface area contributed by atoms with Gasteiger partial charge in [0.15, 0.2) is 5.65 Å². The number of nitrogens with zero attached hydrogens (tertiary/aromatic N) is 5. The molecule has 1 aliphatic heterocycles. The highest BCUT2D eigenvalue weighted by atomic mass is 15.3. The molecule has 1 aromatic carbocycles. The lowest BCUT2D eigenvalue weighted by atomic mass is 10.2. The minimum Gasteiger partial charge on any atom is -0.384 e. The van der Waals surface area contributed by atoms with E-state index >= 15 is 0 Å². The Morgan fingerprint density at radius 1 is 0.929 bits per heavy atom. The number of nitrogen functional groups attached to an aromatic ring is 1. The summed E-state index contributed by atoms with van der Waals surface area (Å²) in [7, 11) is 0. The first kappa shape index (κ1) is 18.6. The molecule has 1 aliphatic rings. The Morgan fingerprint density at radius 3 is 2.54 bits per heavy atom. The zero-order chi connectivity index (χ0) is 19.2. The van der Waals surface area contributed by atoms with Crippen LogP contribution in [0.25, 0.3) is 11.0 Å². The van der Waals surface area contributed by atoms with E-state index in [-0.39, 0.29) is 0 Å². The van der Waals surface area contributed by atoms with E-state index in [0.29, 0.717) is 11.5 Å². The number of anilines is 2. The van der Waals surface area contributed by atoms with Crippen LogP contribution in [0.3, 0.4) is 0 Å². The fraction of sp³-hybridized carbons (Fsp3) is 0.381. The number of nitrogens with two attached hydrogens (primary N) is 1. The van der Waals surface area contributed by atoms with Crippen molar-refractivity contribution < 1.29 is 0 Å². The van der Waals surface area contributed by atoms with Crippen LogP contribution in [0.1, 0.15) is 12.0 Å². The fourth-order valence-electron chi connectivity index (χ4n) is 3.62. The molecule has 7 heteroatoms. The summed E-state index contributed by atoms with van der Waals surface area (Å²) in [5, 5.41) is 4.33. The summed E-state index contributed by atoms with van der Waals surface area (Å²) in [6.45, 7) is 7.55. The standard InChI is InChI=1S/C21H27N7/c22-19-8-7-18-20(24-16-25-21(18)26-19)23-9-4-10-27-11-13-28(14-12-27)15-17-5-2-1-3-6-17/h1-3,5-8,16H,4,9-15H2,(H3,22,23,24,25,26). The van der Waals surface area contributed by atoms with Gasteiger partial charge in [-0.3, -0.25) is 4.90 Å². The second-order valence-corrected chi connectivity index (χ2v) is 7.21. The molecular weight excluding hydrogens is 350 g/mol. The normalized spacial score (nSPS) is 15.7. The van der Waals surface area contributed by atoms with E-state index in [9.17, 15) is 0 Å². The molecule has 0 radical (unpaired) electrons. The van der Waals surface area contributed by atoms with Gasteiger partial charge in [-0.1, -0.05) is 30.3 Å². The largest absolute Gasteiger partial charge is 0.384 e. The third-order valence-electron chi connectivity index (χ3n) is 5.18. The van der Waals surface area contributed by atoms with Crippen LogP contribution in [-0.2, 0) is 6.54 Å². The van der Waals surface area contributed by atoms with Crippen LogP contribution < -0.4 is 11.1 Å². The van der Waals surface area contributed by atoms with E-state index in [1.807, 2.05) is 6.07 Å². The Morgan fingerprint density at radius 2 is 1.71 bits per heavy atom. The van der Waals surface area contributed by atoms with Crippen LogP contribution in [0.15, 0.2) is 48.8 Å². The molecule has 0 amide bonds. The number of hydrogen-bond acceptors (Lipinski definition) is 7. The smallest absolute Gasteiger partial charge is 0.166 e. The predicted molar refractivity (Wildman–Crippen MR) is 113 cm³/mol. The molecule has 2 aromatic heterocycles. The van der Waals surface area contributed by atoms with Crippen molar-refractivity contribution >= 4 is 22.7 Å². The van der Waals surface area contributed by atoms with Crippen LogP contribution in [-0.4, -0.2) is 64.0 Å². The van der Waals surface area contributed by atoms with Gasteiger partial charge in [0, 0.05) is 39.3 Å². The Bertz CT molecular complexity index is 892. The first-order valence-corrected chi connectivity index (χ1v) is 9.88. The van der Waals surface area contributed by atoms with Crippen molar-refractivity contribution in [1.82, 2.24) is 24.8 Å². The predicted octanol–water partition coefficient (Wildman–Crippen LogP) is 2.23. The van der Waals surface area contributed by atoms with Crippen molar-refractivity contribution in [1.29, 1.82) is 0 Å². The molecular formula is C21H27N7. The van der Waals surface area contributed by atoms with Crippen molar-refractivity contribution in [2.24, 2.45) is 0 Å². The molecule has 146 valence electrons. The molecule has 1 saturated heterocycles. The molecule has 1 fully saturated rings. The Labute approximate surface area is 165 Å². The maximum absolute atomic E-state index is 5.73. The Balaban J connectivity index is 1.20. The van der Waals surface area contributed by atoms with Crippen molar-refractivity contribution in [2.45, 2.75) is 13.0 Å². The minimum atomic E-state index is 0.476. The van der Waals surface area contributed by atoms with Crippen LogP contribution in [0.5, 0.6) is 0 Å². The molecule has 7 nitrogen and oxygen atoms in total. The summed E-state index contributed by atoms with van der Waals surface area (Å²) in [5.74, 6) is 1.30. The van der Waals surface area contributed by atoms with E-state index in [4.69, 9.17) is 5.73 Å². The summed E-state index contributed by atoms with van der Waals surface area (Å²) >= 11 is 0. The summed E-state index contributed by atoms with van der Waals surface area (Å²) in [4.78, 5) is 17.9. The van der Waals surface area contributed by atoms with Gasteiger partial charge >= 0.3 is 0 Å². The number of benzene rings is 1. The molecule has 3 N–H and O–H groups in total. The zero-order valence-corrected chi connectivity index (χ0v) is 16.1. The highest BCUT2D eigenvalue weighted by Crippen LogP contribution is 2.18. The number of fused-ring (bicyclic) bond motifs is 1. The Hall–Kier alpha value is -2.77. The van der Waals surface area contributed by atoms with Gasteiger partial charge in [-0.05, 0) is 30.7 Å². The summed E-state index contributed by atoms with van der Waals surface area (Å²) in [6, 6.07) is 14.4. The quantitative estimate of drug-likeness (QED) is 0.611. The molecule has 4 rings (SSSR count). The van der Waals surface area contributed by atoms with Crippen LogP contribution in [0.2, 0.25) is 0 Å². The van der Waals surface area contributed by atoms with E-state index in [1.54, 1.807) is 6.07 Å². The van der Waals surface area contributed by atoms with E-state index in [2.05, 4.69) is 60.4 Å². The van der Waals surface area contributed by atoms with Gasteiger partial charge in [-0.25, -0.2) is 15.0 Å². The number of piperazine rings is 1. The van der Waals surface area contributed by atoms with Gasteiger partial charge in [0.05, 0.1) is 5.39 Å². The van der Waals surface area contributed by atoms with Crippen molar-refractivity contribution in [3.8, 4) is 0 Å². The summed E-state index contributed by atoms with van der Waals surface area (Å²) in [5.41, 5.74) is 7.76. The maximum Gasteiger partial charge on any atom is 0.166 e. The number of pyridine rings is 1. The second-order valence-electron chi connectivity index (χ2n) is 7.21. The Kier molecular flexibility index (Phi) is 5.94. The highest BCUT2D eigenvalue weighted by Gasteiger charge is 2.16. The molecule has 0 saturated carbocycles. The number of hydrogen-bond donors (Lipinski definition) is 2. The second kappa shape index (κ2) is 8.95. The van der Waals surface area contributed by atoms with Gasteiger partial charge in [0.25, 0.3) is 0 Å². The molecule has 3 aromatic rings. The van der Waals surface area contributed by atoms with Gasteiger partial charge in [0.2, 0.25) is 0 Å². The lowest BCUT2D eigenvalue weighted by molar-refractivity contribution is 0.127. The summed E-state index contributed by atoms with van der Waals surface area (Å²) < 4.78 is 0. The molecule has 0 spiro atoms. The van der Waals surface area contributed by atoms with E-state index in [0.717, 1.165) is 63.4 Å². The van der Waals surface area contributed by atoms with Crippen LogP contribution in [0, 0.1) is 0 Å². The molecule has 0 atom stereocenters. The van der Waals surface area contributed by atoms with Crippen molar-refractivity contribution in [2.75, 3.05) is 50.3 Å². The number of aromatic nitrogens is 3. The van der Waals surface area contributed by atoms with Gasteiger partial charge in [-0.2, -0.15) is 0 Å². The van der Waals surface area contributed by atoms with Crippen molar-refractivity contribution in [3.63, 3.8) is 0 Å². The van der Waals surface area contributed by atoms with Crippen LogP contribution >= 0.6 is 0 Å². The molecule has 0 bridgehead atoms. The average molecular weight is 377 g/mol. The third kappa shape index (κ3) is 4.74. The number of rotatable bonds is 7. The molecule has 28 heavy (non-hydrogen) atoms. The zero-order valence-electron chi connectivity index (χ0n) is 16.1. The molecule has 0 unspecified atom stereocenters. The fourth-order valence-corrected chi connectivity index (χ4v) is 3.62. The lowest BCUT2D eigenvalue weighted by Gasteiger charge is -2.34. The van der Waals surface area contributed by atoms with Crippen LogP contribution in [0.4, 0.5) is 11.6 Å². The summed E-state index contributed by atoms with van der Waals surface area (Å²) in [6.07, 6.45) is 2.61. The maximum atomic E-state index is 5.73. The molecule has 0 aliphatic carbocycles. The monoisotopic (exact) mass is 377 g/mol. The SMILES string of the molecule is Nc1ccc2c(NCCCN3CCN(Cc4ccccc4)CC3)ncnc2n1. The van der Waals surface area contributed by atoms with Gasteiger partial charge < -0.3 is 16.0 Å². The lowest BCUT2D eigenvalue weighted by Crippen LogP contribution is -2.46. The van der Waals surface area contributed by atoms with Gasteiger partial charge in [-0.15, -0.1) is 0 Å². The first-order valence-electron chi connectivity index (χ1n) is 9.88. The molecule has 3 heterocycles. The number of nitrogens with one attached hydrogen (secondary N) is 1. The van der Waals surface area contributed by atoms with E-state index in [1.165, 1.54) is 11.9 Å². The topological polar surface area (TPSA) is 83.2 Å².